The van der Waals surface area contributed by atoms with Crippen LogP contribution in [-0.4, -0.2) is 137 Å². The monoisotopic (exact) mass is 900 g/mol. The van der Waals surface area contributed by atoms with Crippen LogP contribution >= 0.6 is 0 Å². The molecule has 0 radical (unpaired) electrons. The molecule has 2 saturated carbocycles. The Kier molecular flexibility index (Phi) is 13.3. The molecule has 2 amide bonds. The minimum Gasteiger partial charge on any atom is -0.483 e. The van der Waals surface area contributed by atoms with Gasteiger partial charge in [-0.15, -0.1) is 0 Å². The number of fused-ring (bicyclic) bond motifs is 10. The maximum absolute atomic E-state index is 14.5. The molecular formula is C45H64N4O11S2. The van der Waals surface area contributed by atoms with Gasteiger partial charge in [0, 0.05) is 31.1 Å². The first kappa shape index (κ1) is 45.3. The number of nitrogens with one attached hydrogen (secondary N) is 2. The zero-order chi connectivity index (χ0) is 44.0. The van der Waals surface area contributed by atoms with Gasteiger partial charge in [0.05, 0.1) is 54.6 Å². The molecule has 17 heteroatoms. The summed E-state index contributed by atoms with van der Waals surface area (Å²) in [7, 11) is -7.46. The third-order valence-corrected chi connectivity index (χ3v) is 17.1. The Bertz CT molecular complexity index is 2170. The fourth-order valence-electron chi connectivity index (χ4n) is 10.6. The van der Waals surface area contributed by atoms with Gasteiger partial charge in [0.1, 0.15) is 11.5 Å². The van der Waals surface area contributed by atoms with Crippen molar-refractivity contribution < 1.29 is 50.5 Å². The van der Waals surface area contributed by atoms with Gasteiger partial charge in [0.2, 0.25) is 20.0 Å². The Morgan fingerprint density at radius 1 is 0.710 bits per heavy atom. The number of nitrogens with zero attached hydrogens (tertiary/aromatic N) is 2. The molecule has 342 valence electrons. The summed E-state index contributed by atoms with van der Waals surface area (Å²) in [4.78, 5) is 31.9. The molecule has 0 aromatic heterocycles. The van der Waals surface area contributed by atoms with Gasteiger partial charge in [-0.3, -0.25) is 9.59 Å². The molecule has 0 spiro atoms. The molecule has 2 aromatic rings. The van der Waals surface area contributed by atoms with E-state index in [1.807, 2.05) is 36.4 Å². The third-order valence-electron chi connectivity index (χ3n) is 14.1. The Hall–Kier alpha value is -3.32. The van der Waals surface area contributed by atoms with Gasteiger partial charge >= 0.3 is 0 Å². The van der Waals surface area contributed by atoms with Gasteiger partial charge in [0.15, 0.2) is 13.2 Å². The number of aliphatic hydroxyl groups excluding tert-OH is 1. The van der Waals surface area contributed by atoms with E-state index in [2.05, 4.69) is 15.5 Å². The number of piperidine rings is 2. The SMILES string of the molecule is CC(C)(C)S(=O)(=O)NC1CC(c2ccc3c(c2)OCC(=O)N2CCCC(NS(C)(=O)=O)[C@@H]2CO[C@@H]2CCC3C[C@H]2O)CN2C(=O)COc3ccccc3C3CCC(CC3)OC[C@@H]12. The number of rotatable bonds is 5. The first-order chi connectivity index (χ1) is 29.4. The molecular weight excluding hydrogens is 837 g/mol. The van der Waals surface area contributed by atoms with E-state index in [1.165, 1.54) is 0 Å². The number of benzene rings is 2. The zero-order valence-corrected chi connectivity index (χ0v) is 38.0. The Morgan fingerprint density at radius 3 is 2.10 bits per heavy atom. The first-order valence-corrected chi connectivity index (χ1v) is 25.8. The fourth-order valence-corrected chi connectivity index (χ4v) is 12.4. The van der Waals surface area contributed by atoms with Crippen LogP contribution in [0.3, 0.4) is 0 Å². The molecule has 8 atom stereocenters. The van der Waals surface area contributed by atoms with Crippen LogP contribution < -0.4 is 18.9 Å². The normalized spacial score (nSPS) is 32.7. The quantitative estimate of drug-likeness (QED) is 0.395. The van der Waals surface area contributed by atoms with E-state index in [1.54, 1.807) is 30.6 Å². The van der Waals surface area contributed by atoms with Crippen molar-refractivity contribution in [1.29, 1.82) is 0 Å². The Morgan fingerprint density at radius 2 is 1.37 bits per heavy atom. The first-order valence-electron chi connectivity index (χ1n) is 22.4. The minimum atomic E-state index is -3.87. The average molecular weight is 901 g/mol. The van der Waals surface area contributed by atoms with E-state index in [4.69, 9.17) is 18.9 Å². The van der Waals surface area contributed by atoms with E-state index in [0.717, 1.165) is 48.6 Å². The smallest absolute Gasteiger partial charge is 0.260 e. The largest absolute Gasteiger partial charge is 0.483 e. The van der Waals surface area contributed by atoms with Crippen molar-refractivity contribution in [2.24, 2.45) is 0 Å². The predicted octanol–water partition coefficient (Wildman–Crippen LogP) is 3.91. The maximum atomic E-state index is 14.5. The number of ether oxygens (including phenoxy) is 4. The summed E-state index contributed by atoms with van der Waals surface area (Å²) in [5.74, 6) is 0.434. The topological polar surface area (TPSA) is 190 Å². The highest BCUT2D eigenvalue weighted by molar-refractivity contribution is 7.90. The summed E-state index contributed by atoms with van der Waals surface area (Å²) in [6, 6.07) is 11.3. The third kappa shape index (κ3) is 9.98. The fraction of sp³-hybridized carbons (Fsp3) is 0.689. The van der Waals surface area contributed by atoms with Crippen LogP contribution in [0.15, 0.2) is 42.5 Å². The van der Waals surface area contributed by atoms with Crippen LogP contribution in [0.25, 0.3) is 0 Å². The number of carbonyl (C=O) groups excluding carboxylic acids is 2. The Balaban J connectivity index is 1.13. The summed E-state index contributed by atoms with van der Waals surface area (Å²) in [6.45, 7) is 5.33. The van der Waals surface area contributed by atoms with Crippen molar-refractivity contribution in [1.82, 2.24) is 19.2 Å². The molecule has 3 N–H and O–H groups in total. The van der Waals surface area contributed by atoms with Crippen molar-refractivity contribution in [2.45, 2.75) is 150 Å². The molecule has 2 aromatic carbocycles. The van der Waals surface area contributed by atoms with Gasteiger partial charge in [0.25, 0.3) is 11.8 Å². The number of sulfonamides is 2. The molecule has 2 saturated heterocycles. The van der Waals surface area contributed by atoms with Crippen molar-refractivity contribution in [3.63, 3.8) is 0 Å². The second kappa shape index (κ2) is 18.3. The van der Waals surface area contributed by atoms with Crippen molar-refractivity contribution >= 4 is 31.9 Å². The van der Waals surface area contributed by atoms with Gasteiger partial charge in [-0.25, -0.2) is 26.3 Å². The van der Waals surface area contributed by atoms with Gasteiger partial charge in [-0.1, -0.05) is 30.3 Å². The summed E-state index contributed by atoms with van der Waals surface area (Å²) >= 11 is 0. The second-order valence-corrected chi connectivity index (χ2v) is 23.6. The highest BCUT2D eigenvalue weighted by Crippen LogP contribution is 2.43. The van der Waals surface area contributed by atoms with Crippen LogP contribution in [-0.2, 0) is 39.1 Å². The highest BCUT2D eigenvalue weighted by Gasteiger charge is 2.45. The lowest BCUT2D eigenvalue weighted by Gasteiger charge is -2.46. The van der Waals surface area contributed by atoms with Gasteiger partial charge < -0.3 is 33.9 Å². The van der Waals surface area contributed by atoms with Crippen LogP contribution in [0.4, 0.5) is 0 Å². The maximum Gasteiger partial charge on any atom is 0.260 e. The second-order valence-electron chi connectivity index (χ2n) is 19.3. The van der Waals surface area contributed by atoms with Crippen LogP contribution in [0.5, 0.6) is 11.5 Å². The Labute approximate surface area is 366 Å². The number of hydrogen-bond donors (Lipinski definition) is 3. The molecule has 15 nitrogen and oxygen atoms in total. The molecule has 6 heterocycles. The lowest BCUT2D eigenvalue weighted by atomic mass is 9.79. The summed E-state index contributed by atoms with van der Waals surface area (Å²) in [5, 5.41) is 11.4. The van der Waals surface area contributed by atoms with Crippen LogP contribution in [0.2, 0.25) is 0 Å². The van der Waals surface area contributed by atoms with Crippen molar-refractivity contribution in [3.8, 4) is 11.5 Å². The van der Waals surface area contributed by atoms with E-state index in [9.17, 15) is 31.5 Å². The van der Waals surface area contributed by atoms with E-state index in [0.29, 0.717) is 62.5 Å². The van der Waals surface area contributed by atoms with E-state index >= 15 is 0 Å². The molecule has 6 aliphatic heterocycles. The minimum absolute atomic E-state index is 0.0172. The summed E-state index contributed by atoms with van der Waals surface area (Å²) in [6.07, 6.45) is 6.52. The van der Waals surface area contributed by atoms with E-state index in [-0.39, 0.29) is 62.7 Å². The molecule has 4 unspecified atom stereocenters. The zero-order valence-electron chi connectivity index (χ0n) is 36.4. The van der Waals surface area contributed by atoms with Gasteiger partial charge in [-0.05, 0) is 126 Å². The molecule has 4 bridgehead atoms. The average Bonchev–Trinajstić information content (AvgIpc) is 3.25. The number of amides is 2. The standard InChI is InChI=1S/C45H64N4O11S2/c1-45(2,3)62(55,56)47-36-20-31(23-49-38(36)24-57-32-15-11-28(12-16-32)33-8-5-6-10-40(33)59-27-44(49)52)29-13-17-34-30-14-18-41(39(50)21-30)58-25-37-35(46-61(4,53)54)9-7-19-48(37)43(51)26-60-42(34)22-29/h5-6,8,10,13,17,22,28,30-32,35-39,41,46-47,50H,7,9,11-12,14-16,18-21,23-27H2,1-4H3/t28?,30?,31?,32?,35?,36?,37-,38-,39+,41+/m0/s1. The molecule has 62 heavy (non-hydrogen) atoms. The van der Waals surface area contributed by atoms with Crippen molar-refractivity contribution in [2.75, 3.05) is 45.8 Å². The lowest BCUT2D eigenvalue weighted by molar-refractivity contribution is -0.142. The molecule has 2 aliphatic carbocycles. The number of hydrogen-bond acceptors (Lipinski definition) is 11. The lowest BCUT2D eigenvalue weighted by Crippen LogP contribution is -2.62. The number of carbonyl (C=O) groups is 2. The molecule has 4 fully saturated rings. The number of para-hydroxylation sites is 1. The van der Waals surface area contributed by atoms with Crippen LogP contribution in [0.1, 0.15) is 119 Å². The van der Waals surface area contributed by atoms with Crippen molar-refractivity contribution in [3.05, 3.63) is 59.2 Å². The molecule has 10 rings (SSSR count). The highest BCUT2D eigenvalue weighted by atomic mass is 32.2. The van der Waals surface area contributed by atoms with Crippen LogP contribution in [0, 0.1) is 0 Å². The van der Waals surface area contributed by atoms with E-state index < -0.39 is 61.2 Å². The molecule has 8 aliphatic rings. The summed E-state index contributed by atoms with van der Waals surface area (Å²) in [5.41, 5.74) is 2.74. The number of aliphatic hydroxyl groups is 1. The predicted molar refractivity (Wildman–Crippen MR) is 232 cm³/mol. The van der Waals surface area contributed by atoms with Gasteiger partial charge in [-0.2, -0.15) is 0 Å². The summed E-state index contributed by atoms with van der Waals surface area (Å²) < 4.78 is 82.9.